The van der Waals surface area contributed by atoms with Gasteiger partial charge >= 0.3 is 0 Å². The molecule has 140 valence electrons. The molecule has 0 spiro atoms. The number of rotatable bonds is 7. The second-order valence-electron chi connectivity index (χ2n) is 6.14. The molecule has 1 N–H and O–H groups in total. The summed E-state index contributed by atoms with van der Waals surface area (Å²) in [6, 6.07) is 11.1. The molecule has 0 aromatic heterocycles. The maximum absolute atomic E-state index is 13.1. The van der Waals surface area contributed by atoms with Gasteiger partial charge in [-0.1, -0.05) is 19.4 Å². The van der Waals surface area contributed by atoms with Crippen LogP contribution in [0.4, 0.5) is 10.1 Å². The maximum atomic E-state index is 13.1. The highest BCUT2D eigenvalue weighted by Gasteiger charge is 2.22. The molecule has 2 rings (SSSR count). The van der Waals surface area contributed by atoms with Crippen molar-refractivity contribution in [3.05, 3.63) is 59.9 Å². The maximum Gasteiger partial charge on any atom is 0.264 e. The highest BCUT2D eigenvalue weighted by molar-refractivity contribution is 7.92. The zero-order chi connectivity index (χ0) is 19.3. The molecule has 0 unspecified atom stereocenters. The average Bonchev–Trinajstić information content (AvgIpc) is 2.62. The number of carbonyl (C=O) groups is 1. The van der Waals surface area contributed by atoms with E-state index in [0.29, 0.717) is 5.69 Å². The SMILES string of the molecule is CCC[C@@H](C)NC(=O)c1cccc(S(=O)(=O)N(C)c2ccc(F)cc2)c1. The Labute approximate surface area is 153 Å². The number of hydrogen-bond acceptors (Lipinski definition) is 3. The van der Waals surface area contributed by atoms with Crippen molar-refractivity contribution in [3.8, 4) is 0 Å². The van der Waals surface area contributed by atoms with E-state index in [-0.39, 0.29) is 22.4 Å². The summed E-state index contributed by atoms with van der Waals surface area (Å²) in [5.74, 6) is -0.758. The summed E-state index contributed by atoms with van der Waals surface area (Å²) in [6.45, 7) is 3.94. The summed E-state index contributed by atoms with van der Waals surface area (Å²) >= 11 is 0. The van der Waals surface area contributed by atoms with Crippen molar-refractivity contribution in [2.45, 2.75) is 37.6 Å². The van der Waals surface area contributed by atoms with Crippen LogP contribution in [0.25, 0.3) is 0 Å². The number of amides is 1. The molecule has 26 heavy (non-hydrogen) atoms. The number of halogens is 1. The molecule has 2 aromatic carbocycles. The summed E-state index contributed by atoms with van der Waals surface area (Å²) in [6.07, 6.45) is 1.79. The van der Waals surface area contributed by atoms with Gasteiger partial charge in [0.2, 0.25) is 0 Å². The highest BCUT2D eigenvalue weighted by Crippen LogP contribution is 2.23. The van der Waals surface area contributed by atoms with Crippen LogP contribution >= 0.6 is 0 Å². The van der Waals surface area contributed by atoms with Crippen molar-refractivity contribution in [3.63, 3.8) is 0 Å². The smallest absolute Gasteiger partial charge is 0.264 e. The minimum atomic E-state index is -3.87. The second kappa shape index (κ2) is 8.31. The van der Waals surface area contributed by atoms with Gasteiger partial charge in [0.1, 0.15) is 5.82 Å². The van der Waals surface area contributed by atoms with E-state index in [1.165, 1.54) is 49.5 Å². The summed E-state index contributed by atoms with van der Waals surface area (Å²) in [7, 11) is -2.48. The zero-order valence-electron chi connectivity index (χ0n) is 15.1. The molecule has 5 nitrogen and oxygen atoms in total. The molecular weight excluding hydrogens is 355 g/mol. The quantitative estimate of drug-likeness (QED) is 0.801. The third-order valence-electron chi connectivity index (χ3n) is 4.04. The molecule has 0 aliphatic heterocycles. The van der Waals surface area contributed by atoms with Crippen molar-refractivity contribution in [2.75, 3.05) is 11.4 Å². The van der Waals surface area contributed by atoms with Crippen LogP contribution in [0, 0.1) is 5.82 Å². The number of hydrogen-bond donors (Lipinski definition) is 1. The van der Waals surface area contributed by atoms with E-state index < -0.39 is 15.8 Å². The molecule has 7 heteroatoms. The molecule has 0 aliphatic carbocycles. The minimum absolute atomic E-state index is 0.000111. The number of carbonyl (C=O) groups excluding carboxylic acids is 1. The van der Waals surface area contributed by atoms with Crippen LogP contribution < -0.4 is 9.62 Å². The Morgan fingerprint density at radius 1 is 1.19 bits per heavy atom. The van der Waals surface area contributed by atoms with Crippen molar-refractivity contribution in [1.29, 1.82) is 0 Å². The Kier molecular flexibility index (Phi) is 6.37. The monoisotopic (exact) mass is 378 g/mol. The molecule has 0 saturated heterocycles. The molecule has 1 amide bonds. The Hall–Kier alpha value is -2.41. The lowest BCUT2D eigenvalue weighted by molar-refractivity contribution is 0.0938. The first kappa shape index (κ1) is 19.9. The normalized spacial score (nSPS) is 12.5. The summed E-state index contributed by atoms with van der Waals surface area (Å²) < 4.78 is 39.8. The molecule has 2 aromatic rings. The predicted octanol–water partition coefficient (Wildman–Crippen LogP) is 3.57. The molecule has 0 heterocycles. The fourth-order valence-electron chi connectivity index (χ4n) is 2.56. The Bertz CT molecular complexity index is 867. The van der Waals surface area contributed by atoms with Crippen molar-refractivity contribution in [2.24, 2.45) is 0 Å². The topological polar surface area (TPSA) is 66.5 Å². The number of nitrogens with one attached hydrogen (secondary N) is 1. The molecule has 0 aliphatic rings. The van der Waals surface area contributed by atoms with E-state index in [1.54, 1.807) is 6.07 Å². The zero-order valence-corrected chi connectivity index (χ0v) is 15.9. The largest absolute Gasteiger partial charge is 0.350 e. The third kappa shape index (κ3) is 4.60. The number of benzene rings is 2. The Morgan fingerprint density at radius 2 is 1.85 bits per heavy atom. The first-order chi connectivity index (χ1) is 12.3. The predicted molar refractivity (Wildman–Crippen MR) is 100 cm³/mol. The summed E-state index contributed by atoms with van der Waals surface area (Å²) in [5.41, 5.74) is 0.611. The highest BCUT2D eigenvalue weighted by atomic mass is 32.2. The van der Waals surface area contributed by atoms with Gasteiger partial charge in [0, 0.05) is 18.7 Å². The molecular formula is C19H23FN2O3S. The first-order valence-corrected chi connectivity index (χ1v) is 9.85. The van der Waals surface area contributed by atoms with Crippen molar-refractivity contribution < 1.29 is 17.6 Å². The van der Waals surface area contributed by atoms with Crippen molar-refractivity contribution in [1.82, 2.24) is 5.32 Å². The first-order valence-electron chi connectivity index (χ1n) is 8.41. The summed E-state index contributed by atoms with van der Waals surface area (Å²) in [4.78, 5) is 12.3. The van der Waals surface area contributed by atoms with Gasteiger partial charge in [0.15, 0.2) is 0 Å². The lowest BCUT2D eigenvalue weighted by atomic mass is 10.1. The van der Waals surface area contributed by atoms with Gasteiger partial charge in [-0.05, 0) is 55.8 Å². The Balaban J connectivity index is 2.27. The van der Waals surface area contributed by atoms with E-state index in [4.69, 9.17) is 0 Å². The van der Waals surface area contributed by atoms with Gasteiger partial charge in [-0.15, -0.1) is 0 Å². The summed E-state index contributed by atoms with van der Waals surface area (Å²) in [5, 5.41) is 2.85. The van der Waals surface area contributed by atoms with Gasteiger partial charge in [-0.2, -0.15) is 0 Å². The van der Waals surface area contributed by atoms with Crippen molar-refractivity contribution >= 4 is 21.6 Å². The van der Waals surface area contributed by atoms with Gasteiger partial charge in [0.25, 0.3) is 15.9 Å². The van der Waals surface area contributed by atoms with E-state index in [9.17, 15) is 17.6 Å². The van der Waals surface area contributed by atoms with Gasteiger partial charge < -0.3 is 5.32 Å². The Morgan fingerprint density at radius 3 is 2.46 bits per heavy atom. The fraction of sp³-hybridized carbons (Fsp3) is 0.316. The van der Waals surface area contributed by atoms with Gasteiger partial charge in [-0.25, -0.2) is 12.8 Å². The van der Waals surface area contributed by atoms with Gasteiger partial charge in [-0.3, -0.25) is 9.10 Å². The van der Waals surface area contributed by atoms with E-state index in [2.05, 4.69) is 5.32 Å². The molecule has 0 fully saturated rings. The second-order valence-corrected chi connectivity index (χ2v) is 8.11. The lowest BCUT2D eigenvalue weighted by Gasteiger charge is -2.20. The van der Waals surface area contributed by atoms with Crippen LogP contribution in [0.2, 0.25) is 0 Å². The number of anilines is 1. The van der Waals surface area contributed by atoms with Crippen LogP contribution in [0.1, 0.15) is 37.0 Å². The van der Waals surface area contributed by atoms with Crippen LogP contribution in [-0.2, 0) is 10.0 Å². The van der Waals surface area contributed by atoms with Crippen LogP contribution in [-0.4, -0.2) is 27.4 Å². The fourth-order valence-corrected chi connectivity index (χ4v) is 3.80. The van der Waals surface area contributed by atoms with E-state index in [0.717, 1.165) is 17.1 Å². The van der Waals surface area contributed by atoms with E-state index in [1.807, 2.05) is 13.8 Å². The molecule has 0 radical (unpaired) electrons. The van der Waals surface area contributed by atoms with E-state index >= 15 is 0 Å². The number of nitrogens with zero attached hydrogens (tertiary/aromatic N) is 1. The minimum Gasteiger partial charge on any atom is -0.350 e. The molecule has 0 saturated carbocycles. The third-order valence-corrected chi connectivity index (χ3v) is 5.83. The van der Waals surface area contributed by atoms with Gasteiger partial charge in [0.05, 0.1) is 10.6 Å². The lowest BCUT2D eigenvalue weighted by Crippen LogP contribution is -2.32. The average molecular weight is 378 g/mol. The molecule has 0 bridgehead atoms. The number of sulfonamides is 1. The molecule has 1 atom stereocenters. The van der Waals surface area contributed by atoms with Crippen LogP contribution in [0.5, 0.6) is 0 Å². The van der Waals surface area contributed by atoms with Crippen LogP contribution in [0.15, 0.2) is 53.4 Å². The standard InChI is InChI=1S/C19H23FN2O3S/c1-4-6-14(2)21-19(23)15-7-5-8-18(13-15)26(24,25)22(3)17-11-9-16(20)10-12-17/h5,7-14H,4,6H2,1-3H3,(H,21,23)/t14-/m1/s1. The van der Waals surface area contributed by atoms with Crippen LogP contribution in [0.3, 0.4) is 0 Å².